The number of benzene rings is 2. The quantitative estimate of drug-likeness (QED) is 0.285. The fraction of sp³-hybridized carbons (Fsp3) is 0.333. The number of hydrogen-bond acceptors (Lipinski definition) is 6. The van der Waals surface area contributed by atoms with Gasteiger partial charge in [-0.2, -0.15) is 0 Å². The number of hydrogen-bond donors (Lipinski definition) is 4. The van der Waals surface area contributed by atoms with E-state index in [2.05, 4.69) is 16.0 Å². The molecule has 0 bridgehead atoms. The Kier molecular flexibility index (Phi) is 8.15. The molecule has 1 fully saturated rings. The van der Waals surface area contributed by atoms with Crippen molar-refractivity contribution in [2.24, 2.45) is 0 Å². The summed E-state index contributed by atoms with van der Waals surface area (Å²) in [5.41, 5.74) is 1.55. The lowest BCUT2D eigenvalue weighted by Gasteiger charge is -2.22. The van der Waals surface area contributed by atoms with E-state index in [-0.39, 0.29) is 19.4 Å². The molecule has 4 atom stereocenters. The minimum atomic E-state index is -1.18. The first-order valence-corrected chi connectivity index (χ1v) is 10.7. The third kappa shape index (κ3) is 6.88. The zero-order chi connectivity index (χ0) is 23.8. The second kappa shape index (κ2) is 11.2. The molecule has 0 radical (unpaired) electrons. The Balaban J connectivity index is 1.70. The van der Waals surface area contributed by atoms with Crippen LogP contribution in [0.1, 0.15) is 18.1 Å². The molecule has 1 heterocycles. The van der Waals surface area contributed by atoms with Crippen molar-refractivity contribution in [2.75, 3.05) is 6.61 Å². The van der Waals surface area contributed by atoms with E-state index in [9.17, 15) is 24.3 Å². The number of esters is 1. The monoisotopic (exact) mass is 453 g/mol. The van der Waals surface area contributed by atoms with Crippen molar-refractivity contribution in [1.29, 1.82) is 0 Å². The van der Waals surface area contributed by atoms with E-state index >= 15 is 0 Å². The molecule has 0 aromatic heterocycles. The first-order valence-electron chi connectivity index (χ1n) is 10.7. The number of carboxylic acids is 1. The van der Waals surface area contributed by atoms with Crippen LogP contribution in [0.4, 0.5) is 0 Å². The average Bonchev–Trinajstić information content (AvgIpc) is 3.61. The molecule has 4 N–H and O–H groups in total. The van der Waals surface area contributed by atoms with Crippen LogP contribution in [0.2, 0.25) is 0 Å². The van der Waals surface area contributed by atoms with E-state index < -0.39 is 47.9 Å². The number of carbonyl (C=O) groups excluding carboxylic acids is 3. The second-order valence-corrected chi connectivity index (χ2v) is 7.71. The van der Waals surface area contributed by atoms with E-state index in [4.69, 9.17) is 4.74 Å². The first kappa shape index (κ1) is 23.9. The van der Waals surface area contributed by atoms with Crippen molar-refractivity contribution in [1.82, 2.24) is 16.0 Å². The summed E-state index contributed by atoms with van der Waals surface area (Å²) in [6.45, 7) is 1.87. The van der Waals surface area contributed by atoms with Gasteiger partial charge in [-0.3, -0.25) is 19.7 Å². The molecule has 0 saturated carbocycles. The normalized spacial score (nSPS) is 18.5. The van der Waals surface area contributed by atoms with Crippen molar-refractivity contribution in [3.05, 3.63) is 71.8 Å². The van der Waals surface area contributed by atoms with Gasteiger partial charge in [-0.15, -0.1) is 0 Å². The molecule has 0 spiro atoms. The Morgan fingerprint density at radius 3 is 1.94 bits per heavy atom. The molecule has 1 saturated heterocycles. The highest BCUT2D eigenvalue weighted by atomic mass is 16.5. The minimum Gasteiger partial charge on any atom is -0.480 e. The summed E-state index contributed by atoms with van der Waals surface area (Å²) in [4.78, 5) is 49.3. The van der Waals surface area contributed by atoms with E-state index in [1.165, 1.54) is 0 Å². The molecule has 3 rings (SSSR count). The van der Waals surface area contributed by atoms with E-state index in [0.29, 0.717) is 0 Å². The number of aliphatic carboxylic acids is 1. The maximum Gasteiger partial charge on any atom is 0.326 e. The van der Waals surface area contributed by atoms with Crippen LogP contribution in [0.15, 0.2) is 60.7 Å². The molecule has 9 nitrogen and oxygen atoms in total. The average molecular weight is 453 g/mol. The molecule has 1 aliphatic rings. The molecule has 2 aromatic carbocycles. The van der Waals surface area contributed by atoms with Crippen LogP contribution in [0.3, 0.4) is 0 Å². The van der Waals surface area contributed by atoms with Crippen molar-refractivity contribution in [3.63, 3.8) is 0 Å². The van der Waals surface area contributed by atoms with Gasteiger partial charge in [0.15, 0.2) is 0 Å². The van der Waals surface area contributed by atoms with Gasteiger partial charge in [0.1, 0.15) is 24.2 Å². The topological polar surface area (TPSA) is 144 Å². The highest BCUT2D eigenvalue weighted by Crippen LogP contribution is 2.14. The van der Waals surface area contributed by atoms with E-state index in [1.807, 2.05) is 24.3 Å². The molecule has 33 heavy (non-hydrogen) atoms. The smallest absolute Gasteiger partial charge is 0.326 e. The molecule has 9 heteroatoms. The van der Waals surface area contributed by atoms with Crippen LogP contribution in [0, 0.1) is 0 Å². The molecular formula is C24H27N3O6. The largest absolute Gasteiger partial charge is 0.480 e. The van der Waals surface area contributed by atoms with Gasteiger partial charge < -0.3 is 20.5 Å². The Bertz CT molecular complexity index is 982. The molecule has 2 aromatic rings. The minimum absolute atomic E-state index is 0.100. The van der Waals surface area contributed by atoms with Crippen molar-refractivity contribution in [2.45, 2.75) is 43.9 Å². The van der Waals surface area contributed by atoms with E-state index in [1.54, 1.807) is 43.3 Å². The van der Waals surface area contributed by atoms with Gasteiger partial charge in [0.25, 0.3) is 0 Å². The van der Waals surface area contributed by atoms with Crippen LogP contribution in [0.5, 0.6) is 0 Å². The third-order valence-electron chi connectivity index (χ3n) is 5.22. The summed E-state index contributed by atoms with van der Waals surface area (Å²) in [5.74, 6) is -2.86. The third-order valence-corrected chi connectivity index (χ3v) is 5.22. The summed E-state index contributed by atoms with van der Waals surface area (Å²) in [6.07, 6.45) is 0.260. The summed E-state index contributed by atoms with van der Waals surface area (Å²) in [5, 5.41) is 17.5. The van der Waals surface area contributed by atoms with Gasteiger partial charge in [-0.1, -0.05) is 60.7 Å². The predicted molar refractivity (Wildman–Crippen MR) is 119 cm³/mol. The van der Waals surface area contributed by atoms with Gasteiger partial charge in [0.2, 0.25) is 11.8 Å². The Morgan fingerprint density at radius 1 is 0.879 bits per heavy atom. The Labute approximate surface area is 191 Å². The van der Waals surface area contributed by atoms with Gasteiger partial charge in [-0.05, 0) is 18.1 Å². The van der Waals surface area contributed by atoms with Gasteiger partial charge >= 0.3 is 11.9 Å². The fourth-order valence-corrected chi connectivity index (χ4v) is 3.44. The maximum absolute atomic E-state index is 13.0. The molecular weight excluding hydrogens is 426 g/mol. The number of carboxylic acid groups (broad SMARTS) is 1. The number of rotatable bonds is 11. The van der Waals surface area contributed by atoms with Crippen LogP contribution >= 0.6 is 0 Å². The lowest BCUT2D eigenvalue weighted by atomic mass is 10.0. The fourth-order valence-electron chi connectivity index (χ4n) is 3.44. The van der Waals surface area contributed by atoms with Crippen LogP contribution in [-0.2, 0) is 36.8 Å². The molecule has 174 valence electrons. The van der Waals surface area contributed by atoms with E-state index in [0.717, 1.165) is 11.1 Å². The summed E-state index contributed by atoms with van der Waals surface area (Å²) in [7, 11) is 0. The zero-order valence-electron chi connectivity index (χ0n) is 18.2. The van der Waals surface area contributed by atoms with Gasteiger partial charge in [0, 0.05) is 12.8 Å². The highest BCUT2D eigenvalue weighted by molar-refractivity contribution is 5.98. The number of amides is 2. The van der Waals surface area contributed by atoms with Gasteiger partial charge in [0.05, 0.1) is 6.61 Å². The first-order chi connectivity index (χ1) is 15.9. The predicted octanol–water partition coefficient (Wildman–Crippen LogP) is 0.430. The molecule has 0 unspecified atom stereocenters. The summed E-state index contributed by atoms with van der Waals surface area (Å²) < 4.78 is 4.90. The zero-order valence-corrected chi connectivity index (χ0v) is 18.2. The van der Waals surface area contributed by atoms with Crippen molar-refractivity contribution >= 4 is 23.8 Å². The molecule has 0 aliphatic carbocycles. The highest BCUT2D eigenvalue weighted by Gasteiger charge is 2.49. The number of carbonyl (C=O) groups is 4. The van der Waals surface area contributed by atoms with Crippen molar-refractivity contribution < 1.29 is 29.0 Å². The maximum atomic E-state index is 13.0. The Morgan fingerprint density at radius 2 is 1.42 bits per heavy atom. The van der Waals surface area contributed by atoms with Gasteiger partial charge in [-0.25, -0.2) is 4.79 Å². The van der Waals surface area contributed by atoms with Crippen LogP contribution < -0.4 is 16.0 Å². The van der Waals surface area contributed by atoms with Crippen LogP contribution in [0.25, 0.3) is 0 Å². The number of ether oxygens (including phenoxy) is 1. The lowest BCUT2D eigenvalue weighted by Crippen LogP contribution is -2.54. The summed E-state index contributed by atoms with van der Waals surface area (Å²) >= 11 is 0. The lowest BCUT2D eigenvalue weighted by molar-refractivity contribution is -0.143. The number of nitrogens with one attached hydrogen (secondary N) is 3. The van der Waals surface area contributed by atoms with Crippen LogP contribution in [-0.4, -0.2) is 59.6 Å². The standard InChI is InChI=1S/C24H27N3O6/c1-2-33-24(32)20-19(27-20)22(29)25-17(13-15-9-5-3-6-10-15)21(28)26-18(23(30)31)14-16-11-7-4-8-12-16/h3-12,17-20,27H,2,13-14H2,1H3,(H,25,29)(H,26,28)(H,30,31)/t17-,18-,19-,20-/m0/s1. The summed E-state index contributed by atoms with van der Waals surface area (Å²) in [6, 6.07) is 14.3. The molecule has 2 amide bonds. The second-order valence-electron chi connectivity index (χ2n) is 7.71. The Hall–Kier alpha value is -3.72. The SMILES string of the molecule is CCOC(=O)[C@H]1N[C@@H]1C(=O)N[C@@H](Cc1ccccc1)C(=O)N[C@@H](Cc1ccccc1)C(=O)O. The molecule has 1 aliphatic heterocycles. The van der Waals surface area contributed by atoms with Crippen molar-refractivity contribution in [3.8, 4) is 0 Å².